The van der Waals surface area contributed by atoms with Gasteiger partial charge in [0, 0.05) is 19.7 Å². The molecule has 1 amide bonds. The monoisotopic (exact) mass is 334 g/mol. The molecule has 24 heavy (non-hydrogen) atoms. The van der Waals surface area contributed by atoms with Crippen molar-refractivity contribution in [3.05, 3.63) is 35.4 Å². The van der Waals surface area contributed by atoms with E-state index < -0.39 is 0 Å². The van der Waals surface area contributed by atoms with Crippen LogP contribution in [0.5, 0.6) is 0 Å². The van der Waals surface area contributed by atoms with Crippen LogP contribution in [0.4, 0.5) is 0 Å². The maximum absolute atomic E-state index is 12.3. The molecular weight excluding hydrogens is 304 g/mol. The molecule has 5 nitrogen and oxygen atoms in total. The average molecular weight is 334 g/mol. The summed E-state index contributed by atoms with van der Waals surface area (Å²) in [6, 6.07) is 8.16. The van der Waals surface area contributed by atoms with E-state index in [0.29, 0.717) is 19.7 Å². The number of carbonyl (C=O) groups is 1. The van der Waals surface area contributed by atoms with Crippen LogP contribution in [-0.2, 0) is 22.7 Å². The van der Waals surface area contributed by atoms with Crippen molar-refractivity contribution >= 4 is 5.91 Å². The SMILES string of the molecule is CCC(O)C1CCCCN1CC(=O)NCc1cccc(COC)c1. The Morgan fingerprint density at radius 2 is 2.21 bits per heavy atom. The molecule has 0 aromatic heterocycles. The van der Waals surface area contributed by atoms with Crippen LogP contribution >= 0.6 is 0 Å². The van der Waals surface area contributed by atoms with Crippen molar-refractivity contribution in [2.75, 3.05) is 20.2 Å². The normalized spacial score (nSPS) is 19.9. The van der Waals surface area contributed by atoms with Crippen molar-refractivity contribution in [1.29, 1.82) is 0 Å². The van der Waals surface area contributed by atoms with Gasteiger partial charge in [-0.05, 0) is 36.9 Å². The minimum atomic E-state index is -0.344. The molecule has 5 heteroatoms. The predicted molar refractivity (Wildman–Crippen MR) is 94.5 cm³/mol. The summed E-state index contributed by atoms with van der Waals surface area (Å²) in [5.74, 6) is 0.0161. The number of hydrogen-bond acceptors (Lipinski definition) is 4. The quantitative estimate of drug-likeness (QED) is 0.764. The molecule has 2 atom stereocenters. The molecule has 1 aromatic rings. The smallest absolute Gasteiger partial charge is 0.234 e. The number of aliphatic hydroxyl groups excluding tert-OH is 1. The van der Waals surface area contributed by atoms with E-state index in [1.165, 1.54) is 0 Å². The summed E-state index contributed by atoms with van der Waals surface area (Å²) in [4.78, 5) is 14.4. The van der Waals surface area contributed by atoms with E-state index in [1.54, 1.807) is 7.11 Å². The number of aliphatic hydroxyl groups is 1. The maximum Gasteiger partial charge on any atom is 0.234 e. The average Bonchev–Trinajstić information content (AvgIpc) is 2.60. The van der Waals surface area contributed by atoms with Crippen LogP contribution in [0.3, 0.4) is 0 Å². The highest BCUT2D eigenvalue weighted by molar-refractivity contribution is 5.78. The van der Waals surface area contributed by atoms with Crippen molar-refractivity contribution < 1.29 is 14.6 Å². The van der Waals surface area contributed by atoms with Gasteiger partial charge in [-0.25, -0.2) is 0 Å². The third kappa shape index (κ3) is 5.58. The Morgan fingerprint density at radius 1 is 1.42 bits per heavy atom. The molecule has 0 saturated carbocycles. The molecule has 2 rings (SSSR count). The third-order valence-corrected chi connectivity index (χ3v) is 4.67. The maximum atomic E-state index is 12.3. The summed E-state index contributed by atoms with van der Waals surface area (Å²) in [7, 11) is 1.67. The number of rotatable bonds is 8. The molecule has 0 bridgehead atoms. The number of carbonyl (C=O) groups excluding carboxylic acids is 1. The first kappa shape index (κ1) is 18.9. The summed E-state index contributed by atoms with van der Waals surface area (Å²) in [5.41, 5.74) is 2.17. The van der Waals surface area contributed by atoms with Gasteiger partial charge < -0.3 is 15.2 Å². The van der Waals surface area contributed by atoms with Crippen molar-refractivity contribution in [3.8, 4) is 0 Å². The Kier molecular flexibility index (Phi) is 7.69. The first-order valence-electron chi connectivity index (χ1n) is 8.89. The first-order chi connectivity index (χ1) is 11.6. The highest BCUT2D eigenvalue weighted by Gasteiger charge is 2.28. The molecule has 0 radical (unpaired) electrons. The van der Waals surface area contributed by atoms with Crippen LogP contribution < -0.4 is 5.32 Å². The Labute approximate surface area is 145 Å². The topological polar surface area (TPSA) is 61.8 Å². The molecule has 1 fully saturated rings. The number of hydrogen-bond donors (Lipinski definition) is 2. The van der Waals surface area contributed by atoms with Crippen molar-refractivity contribution in [2.24, 2.45) is 0 Å². The van der Waals surface area contributed by atoms with Gasteiger partial charge in [-0.2, -0.15) is 0 Å². The summed E-state index contributed by atoms with van der Waals surface area (Å²) in [6.45, 7) is 4.33. The molecule has 2 unspecified atom stereocenters. The lowest BCUT2D eigenvalue weighted by molar-refractivity contribution is -0.124. The molecule has 2 N–H and O–H groups in total. The Balaban J connectivity index is 1.84. The van der Waals surface area contributed by atoms with Crippen molar-refractivity contribution in [1.82, 2.24) is 10.2 Å². The predicted octanol–water partition coefficient (Wildman–Crippen LogP) is 2.07. The number of piperidine rings is 1. The van der Waals surface area contributed by atoms with Gasteiger partial charge in [0.2, 0.25) is 5.91 Å². The first-order valence-corrected chi connectivity index (χ1v) is 8.89. The number of likely N-dealkylation sites (tertiary alicyclic amines) is 1. The molecule has 1 aliphatic rings. The fourth-order valence-corrected chi connectivity index (χ4v) is 3.36. The molecule has 1 saturated heterocycles. The standard InChI is InChI=1S/C19H30N2O3/c1-3-18(22)17-9-4-5-10-21(17)13-19(23)20-12-15-7-6-8-16(11-15)14-24-2/h6-8,11,17-18,22H,3-5,9-10,12-14H2,1-2H3,(H,20,23). The molecule has 134 valence electrons. The molecule has 0 spiro atoms. The van der Waals surface area contributed by atoms with E-state index in [-0.39, 0.29) is 18.1 Å². The number of nitrogens with one attached hydrogen (secondary N) is 1. The zero-order valence-corrected chi connectivity index (χ0v) is 14.8. The second-order valence-electron chi connectivity index (χ2n) is 6.54. The van der Waals surface area contributed by atoms with E-state index in [0.717, 1.165) is 43.4 Å². The second kappa shape index (κ2) is 9.77. The van der Waals surface area contributed by atoms with E-state index in [9.17, 15) is 9.90 Å². The summed E-state index contributed by atoms with van der Waals surface area (Å²) >= 11 is 0. The molecule has 1 aliphatic heterocycles. The number of ether oxygens (including phenoxy) is 1. The van der Waals surface area contributed by atoms with Gasteiger partial charge in [0.1, 0.15) is 0 Å². The van der Waals surface area contributed by atoms with Crippen LogP contribution in [-0.4, -0.2) is 48.3 Å². The van der Waals surface area contributed by atoms with Crippen LogP contribution in [0.15, 0.2) is 24.3 Å². The van der Waals surface area contributed by atoms with Gasteiger partial charge in [-0.1, -0.05) is 37.6 Å². The number of methoxy groups -OCH3 is 1. The van der Waals surface area contributed by atoms with Gasteiger partial charge in [-0.15, -0.1) is 0 Å². The third-order valence-electron chi connectivity index (χ3n) is 4.67. The van der Waals surface area contributed by atoms with Gasteiger partial charge >= 0.3 is 0 Å². The minimum absolute atomic E-state index is 0.0161. The molecule has 0 aliphatic carbocycles. The highest BCUT2D eigenvalue weighted by Crippen LogP contribution is 2.20. The van der Waals surface area contributed by atoms with Crippen LogP contribution in [0.1, 0.15) is 43.7 Å². The largest absolute Gasteiger partial charge is 0.392 e. The lowest BCUT2D eigenvalue weighted by atomic mass is 9.96. The summed E-state index contributed by atoms with van der Waals surface area (Å²) < 4.78 is 5.14. The second-order valence-corrected chi connectivity index (χ2v) is 6.54. The van der Waals surface area contributed by atoms with Gasteiger partial charge in [0.15, 0.2) is 0 Å². The fraction of sp³-hybridized carbons (Fsp3) is 0.632. The van der Waals surface area contributed by atoms with Gasteiger partial charge in [-0.3, -0.25) is 9.69 Å². The number of amides is 1. The summed E-state index contributed by atoms with van der Waals surface area (Å²) in [5, 5.41) is 13.2. The Hall–Kier alpha value is -1.43. The van der Waals surface area contributed by atoms with Gasteiger partial charge in [0.25, 0.3) is 0 Å². The molecular formula is C19H30N2O3. The van der Waals surface area contributed by atoms with E-state index >= 15 is 0 Å². The number of nitrogens with zero attached hydrogens (tertiary/aromatic N) is 1. The Bertz CT molecular complexity index is 521. The lowest BCUT2D eigenvalue weighted by Gasteiger charge is -2.37. The van der Waals surface area contributed by atoms with Crippen molar-refractivity contribution in [2.45, 2.75) is 57.9 Å². The fourth-order valence-electron chi connectivity index (χ4n) is 3.36. The van der Waals surface area contributed by atoms with Crippen LogP contribution in [0, 0.1) is 0 Å². The zero-order valence-electron chi connectivity index (χ0n) is 14.8. The molecule has 1 aromatic carbocycles. The van der Waals surface area contributed by atoms with Gasteiger partial charge in [0.05, 0.1) is 19.3 Å². The highest BCUT2D eigenvalue weighted by atomic mass is 16.5. The zero-order chi connectivity index (χ0) is 17.4. The van der Waals surface area contributed by atoms with Crippen LogP contribution in [0.2, 0.25) is 0 Å². The van der Waals surface area contributed by atoms with Crippen LogP contribution in [0.25, 0.3) is 0 Å². The minimum Gasteiger partial charge on any atom is -0.392 e. The van der Waals surface area contributed by atoms with E-state index in [4.69, 9.17) is 4.74 Å². The van der Waals surface area contributed by atoms with Crippen molar-refractivity contribution in [3.63, 3.8) is 0 Å². The number of benzene rings is 1. The Morgan fingerprint density at radius 3 is 2.96 bits per heavy atom. The lowest BCUT2D eigenvalue weighted by Crippen LogP contribution is -2.50. The van der Waals surface area contributed by atoms with E-state index in [1.807, 2.05) is 31.2 Å². The molecule has 1 heterocycles. The van der Waals surface area contributed by atoms with E-state index in [2.05, 4.69) is 10.2 Å². The summed E-state index contributed by atoms with van der Waals surface area (Å²) in [6.07, 6.45) is 3.59.